The van der Waals surface area contributed by atoms with E-state index in [-0.39, 0.29) is 5.69 Å². The van der Waals surface area contributed by atoms with Crippen LogP contribution in [-0.4, -0.2) is 42.4 Å². The van der Waals surface area contributed by atoms with Crippen molar-refractivity contribution in [3.05, 3.63) is 48.2 Å². The van der Waals surface area contributed by atoms with Gasteiger partial charge in [-0.15, -0.1) is 0 Å². The Balaban J connectivity index is 1.66. The van der Waals surface area contributed by atoms with Gasteiger partial charge < -0.3 is 15.4 Å². The Labute approximate surface area is 139 Å². The minimum Gasteiger partial charge on any atom is -0.378 e. The monoisotopic (exact) mass is 322 g/mol. The van der Waals surface area contributed by atoms with E-state index in [0.29, 0.717) is 0 Å². The molecule has 1 aliphatic rings. The molecule has 122 valence electrons. The smallest absolute Gasteiger partial charge is 0.269 e. The van der Waals surface area contributed by atoms with E-state index < -0.39 is 5.91 Å². The first-order valence-corrected chi connectivity index (χ1v) is 7.93. The zero-order valence-corrected chi connectivity index (χ0v) is 13.2. The van der Waals surface area contributed by atoms with Gasteiger partial charge in [0.1, 0.15) is 0 Å². The molecular weight excluding hydrogens is 304 g/mol. The number of rotatable bonds is 3. The molecule has 0 radical (unpaired) electrons. The maximum absolute atomic E-state index is 11.5. The standard InChI is InChI=1S/C18H18N4O2/c19-18(23)17-15-11-13(3-6-16(15)20-21-17)12-1-4-14(5-2-12)22-7-9-24-10-8-22/h1-6,11H,7-10H2,(H2,19,23)(H,20,21). The van der Waals surface area contributed by atoms with Gasteiger partial charge in [0.05, 0.1) is 18.7 Å². The Morgan fingerprint density at radius 2 is 1.79 bits per heavy atom. The van der Waals surface area contributed by atoms with Crippen molar-refractivity contribution in [3.63, 3.8) is 0 Å². The summed E-state index contributed by atoms with van der Waals surface area (Å²) in [5.74, 6) is -0.527. The van der Waals surface area contributed by atoms with E-state index in [1.54, 1.807) is 0 Å². The molecule has 0 bridgehead atoms. The Hall–Kier alpha value is -2.86. The number of anilines is 1. The number of hydrogen-bond acceptors (Lipinski definition) is 4. The minimum absolute atomic E-state index is 0.275. The van der Waals surface area contributed by atoms with Crippen molar-refractivity contribution in [2.24, 2.45) is 5.73 Å². The third kappa shape index (κ3) is 2.61. The van der Waals surface area contributed by atoms with Gasteiger partial charge in [0.2, 0.25) is 0 Å². The van der Waals surface area contributed by atoms with E-state index in [0.717, 1.165) is 48.3 Å². The second-order valence-electron chi connectivity index (χ2n) is 5.84. The number of aromatic amines is 1. The number of nitrogens with zero attached hydrogens (tertiary/aromatic N) is 2. The van der Waals surface area contributed by atoms with Gasteiger partial charge in [0, 0.05) is 24.2 Å². The summed E-state index contributed by atoms with van der Waals surface area (Å²) in [5.41, 5.74) is 9.77. The Bertz CT molecular complexity index is 880. The molecule has 2 heterocycles. The van der Waals surface area contributed by atoms with Crippen LogP contribution < -0.4 is 10.6 Å². The minimum atomic E-state index is -0.527. The molecule has 6 nitrogen and oxygen atoms in total. The summed E-state index contributed by atoms with van der Waals surface area (Å²) < 4.78 is 5.39. The predicted octanol–water partition coefficient (Wildman–Crippen LogP) is 2.17. The molecule has 24 heavy (non-hydrogen) atoms. The van der Waals surface area contributed by atoms with Gasteiger partial charge in [-0.3, -0.25) is 9.89 Å². The summed E-state index contributed by atoms with van der Waals surface area (Å²) >= 11 is 0. The summed E-state index contributed by atoms with van der Waals surface area (Å²) in [6, 6.07) is 14.3. The van der Waals surface area contributed by atoms with Crippen LogP contribution in [0.2, 0.25) is 0 Å². The van der Waals surface area contributed by atoms with Gasteiger partial charge >= 0.3 is 0 Å². The molecule has 6 heteroatoms. The number of hydrogen-bond donors (Lipinski definition) is 2. The number of morpholine rings is 1. The lowest BCUT2D eigenvalue weighted by atomic mass is 10.0. The maximum Gasteiger partial charge on any atom is 0.269 e. The van der Waals surface area contributed by atoms with E-state index in [2.05, 4.69) is 39.4 Å². The topological polar surface area (TPSA) is 84.2 Å². The van der Waals surface area contributed by atoms with E-state index >= 15 is 0 Å². The van der Waals surface area contributed by atoms with E-state index in [9.17, 15) is 4.79 Å². The molecule has 0 aliphatic carbocycles. The highest BCUT2D eigenvalue weighted by atomic mass is 16.5. The third-order valence-electron chi connectivity index (χ3n) is 4.37. The number of nitrogens with one attached hydrogen (secondary N) is 1. The number of aromatic nitrogens is 2. The number of benzene rings is 2. The third-order valence-corrected chi connectivity index (χ3v) is 4.37. The van der Waals surface area contributed by atoms with Gasteiger partial charge in [-0.05, 0) is 35.4 Å². The lowest BCUT2D eigenvalue weighted by Gasteiger charge is -2.28. The predicted molar refractivity (Wildman–Crippen MR) is 93.1 cm³/mol. The van der Waals surface area contributed by atoms with Crippen molar-refractivity contribution in [1.82, 2.24) is 10.2 Å². The van der Waals surface area contributed by atoms with Crippen LogP contribution in [0.3, 0.4) is 0 Å². The van der Waals surface area contributed by atoms with Crippen molar-refractivity contribution in [2.45, 2.75) is 0 Å². The van der Waals surface area contributed by atoms with Crippen molar-refractivity contribution in [1.29, 1.82) is 0 Å². The summed E-state index contributed by atoms with van der Waals surface area (Å²) in [7, 11) is 0. The van der Waals surface area contributed by atoms with Crippen LogP contribution >= 0.6 is 0 Å². The maximum atomic E-state index is 11.5. The zero-order chi connectivity index (χ0) is 16.5. The quantitative estimate of drug-likeness (QED) is 0.774. The largest absolute Gasteiger partial charge is 0.378 e. The number of nitrogens with two attached hydrogens (primary N) is 1. The highest BCUT2D eigenvalue weighted by molar-refractivity contribution is 6.04. The van der Waals surface area contributed by atoms with Crippen molar-refractivity contribution >= 4 is 22.5 Å². The fourth-order valence-corrected chi connectivity index (χ4v) is 3.07. The van der Waals surface area contributed by atoms with Crippen LogP contribution in [0.15, 0.2) is 42.5 Å². The molecule has 0 spiro atoms. The van der Waals surface area contributed by atoms with E-state index in [4.69, 9.17) is 10.5 Å². The Kier molecular flexibility index (Phi) is 3.66. The fourth-order valence-electron chi connectivity index (χ4n) is 3.07. The van der Waals surface area contributed by atoms with E-state index in [1.807, 2.05) is 18.2 Å². The van der Waals surface area contributed by atoms with Gasteiger partial charge in [-0.1, -0.05) is 18.2 Å². The lowest BCUT2D eigenvalue weighted by molar-refractivity contribution is 0.0997. The Morgan fingerprint density at radius 3 is 2.50 bits per heavy atom. The van der Waals surface area contributed by atoms with Crippen molar-refractivity contribution in [3.8, 4) is 11.1 Å². The molecule has 1 aliphatic heterocycles. The van der Waals surface area contributed by atoms with Crippen LogP contribution in [0.5, 0.6) is 0 Å². The SMILES string of the molecule is NC(=O)c1n[nH]c2ccc(-c3ccc(N4CCOCC4)cc3)cc12. The first kappa shape index (κ1) is 14.7. The van der Waals surface area contributed by atoms with Crippen molar-refractivity contribution < 1.29 is 9.53 Å². The second kappa shape index (κ2) is 5.98. The van der Waals surface area contributed by atoms with Crippen molar-refractivity contribution in [2.75, 3.05) is 31.2 Å². The van der Waals surface area contributed by atoms with Gasteiger partial charge in [0.15, 0.2) is 5.69 Å². The summed E-state index contributed by atoms with van der Waals surface area (Å²) in [4.78, 5) is 13.8. The van der Waals surface area contributed by atoms with E-state index in [1.165, 1.54) is 5.69 Å². The summed E-state index contributed by atoms with van der Waals surface area (Å²) in [6.07, 6.45) is 0. The number of carbonyl (C=O) groups excluding carboxylic acids is 1. The second-order valence-corrected chi connectivity index (χ2v) is 5.84. The summed E-state index contributed by atoms with van der Waals surface area (Å²) in [6.45, 7) is 3.38. The molecule has 3 aromatic rings. The molecule has 1 fully saturated rings. The number of amides is 1. The molecule has 4 rings (SSSR count). The fraction of sp³-hybridized carbons (Fsp3) is 0.222. The molecular formula is C18H18N4O2. The number of fused-ring (bicyclic) bond motifs is 1. The van der Waals surface area contributed by atoms with Gasteiger partial charge in [-0.25, -0.2) is 0 Å². The molecule has 3 N–H and O–H groups in total. The summed E-state index contributed by atoms with van der Waals surface area (Å²) in [5, 5.41) is 7.57. The highest BCUT2D eigenvalue weighted by Gasteiger charge is 2.13. The first-order valence-electron chi connectivity index (χ1n) is 7.93. The van der Waals surface area contributed by atoms with Crippen LogP contribution in [0.1, 0.15) is 10.5 Å². The average molecular weight is 322 g/mol. The lowest BCUT2D eigenvalue weighted by Crippen LogP contribution is -2.36. The molecule has 1 amide bonds. The molecule has 0 saturated carbocycles. The first-order chi connectivity index (χ1) is 11.7. The molecule has 0 unspecified atom stereocenters. The van der Waals surface area contributed by atoms with Gasteiger partial charge in [0.25, 0.3) is 5.91 Å². The Morgan fingerprint density at radius 1 is 1.08 bits per heavy atom. The number of ether oxygens (including phenoxy) is 1. The molecule has 1 saturated heterocycles. The van der Waals surface area contributed by atoms with Gasteiger partial charge in [-0.2, -0.15) is 5.10 Å². The average Bonchev–Trinajstić information content (AvgIpc) is 3.06. The van der Waals surface area contributed by atoms with Crippen LogP contribution in [0.4, 0.5) is 5.69 Å². The number of carbonyl (C=O) groups is 1. The van der Waals surface area contributed by atoms with Crippen LogP contribution in [-0.2, 0) is 4.74 Å². The van der Waals surface area contributed by atoms with Crippen LogP contribution in [0.25, 0.3) is 22.0 Å². The molecule has 0 atom stereocenters. The highest BCUT2D eigenvalue weighted by Crippen LogP contribution is 2.27. The molecule has 1 aromatic heterocycles. The zero-order valence-electron chi connectivity index (χ0n) is 13.2. The van der Waals surface area contributed by atoms with Crippen LogP contribution in [0, 0.1) is 0 Å². The number of primary amides is 1. The molecule has 2 aromatic carbocycles. The normalized spacial score (nSPS) is 14.9. The number of H-pyrrole nitrogens is 1.